The van der Waals surface area contributed by atoms with Gasteiger partial charge in [-0.25, -0.2) is 0 Å². The second kappa shape index (κ2) is 7.73. The van der Waals surface area contributed by atoms with E-state index in [1.165, 1.54) is 32.6 Å². The van der Waals surface area contributed by atoms with E-state index in [1.54, 1.807) is 11.3 Å². The van der Waals surface area contributed by atoms with Crippen LogP contribution in [0.1, 0.15) is 45.3 Å². The zero-order valence-corrected chi connectivity index (χ0v) is 18.1. The van der Waals surface area contributed by atoms with Crippen LogP contribution in [0.4, 0.5) is 0 Å². The first-order valence-electron chi connectivity index (χ1n) is 10.5. The summed E-state index contributed by atoms with van der Waals surface area (Å²) in [6.07, 6.45) is 5.80. The number of likely N-dealkylation sites (tertiary alicyclic amines) is 1. The number of aryl methyl sites for hydroxylation is 2. The quantitative estimate of drug-likeness (QED) is 0.451. The molecule has 4 heterocycles. The number of hydrogen-bond acceptors (Lipinski definition) is 3. The lowest BCUT2D eigenvalue weighted by atomic mass is 9.89. The zero-order chi connectivity index (χ0) is 20.7. The third-order valence-corrected chi connectivity index (χ3v) is 6.91. The number of aromatic amines is 1. The van der Waals surface area contributed by atoms with Gasteiger partial charge in [-0.05, 0) is 62.6 Å². The van der Waals surface area contributed by atoms with E-state index in [4.69, 9.17) is 0 Å². The first-order chi connectivity index (χ1) is 14.6. The Morgan fingerprint density at radius 2 is 2.00 bits per heavy atom. The predicted molar refractivity (Wildman–Crippen MR) is 123 cm³/mol. The molecule has 5 rings (SSSR count). The van der Waals surface area contributed by atoms with Crippen molar-refractivity contribution in [3.63, 3.8) is 0 Å². The standard InChI is InChI=1S/C25H25N3OS/c1-16-5-6-22-21(12-16)23(18-7-9-26-10-8-18)24(27-22)19-4-3-11-28(14-19)25(29)20-13-17(2)30-15-20/h5-10,12-13,15,19,27H,3-4,11,14H2,1-2H3. The number of aromatic nitrogens is 2. The Bertz CT molecular complexity index is 1210. The van der Waals surface area contributed by atoms with Crippen molar-refractivity contribution in [2.45, 2.75) is 32.6 Å². The van der Waals surface area contributed by atoms with Gasteiger partial charge in [-0.1, -0.05) is 11.6 Å². The SMILES string of the molecule is Cc1ccc2[nH]c(C3CCCN(C(=O)c4csc(C)c4)C3)c(-c3ccncc3)c2c1. The molecule has 0 bridgehead atoms. The molecule has 0 aliphatic carbocycles. The third kappa shape index (κ3) is 3.43. The van der Waals surface area contributed by atoms with E-state index in [-0.39, 0.29) is 5.91 Å². The first kappa shape index (κ1) is 19.1. The molecule has 5 heteroatoms. The molecule has 4 nitrogen and oxygen atoms in total. The van der Waals surface area contributed by atoms with Crippen molar-refractivity contribution in [2.24, 2.45) is 0 Å². The number of thiophene rings is 1. The van der Waals surface area contributed by atoms with Crippen LogP contribution in [0.5, 0.6) is 0 Å². The van der Waals surface area contributed by atoms with Gasteiger partial charge in [-0.3, -0.25) is 9.78 Å². The van der Waals surface area contributed by atoms with E-state index in [0.717, 1.165) is 37.0 Å². The van der Waals surface area contributed by atoms with Crippen LogP contribution in [0, 0.1) is 13.8 Å². The van der Waals surface area contributed by atoms with Gasteiger partial charge in [0.1, 0.15) is 0 Å². The minimum Gasteiger partial charge on any atom is -0.358 e. The summed E-state index contributed by atoms with van der Waals surface area (Å²) in [7, 11) is 0. The van der Waals surface area contributed by atoms with Crippen molar-refractivity contribution in [3.8, 4) is 11.1 Å². The predicted octanol–water partition coefficient (Wildman–Crippen LogP) is 5.93. The first-order valence-corrected chi connectivity index (χ1v) is 11.3. The second-order valence-corrected chi connectivity index (χ2v) is 9.35. The summed E-state index contributed by atoms with van der Waals surface area (Å²) in [5.74, 6) is 0.444. The van der Waals surface area contributed by atoms with Gasteiger partial charge in [-0.2, -0.15) is 0 Å². The Labute approximate surface area is 180 Å². The molecule has 1 saturated heterocycles. The highest BCUT2D eigenvalue weighted by Crippen LogP contribution is 2.39. The van der Waals surface area contributed by atoms with Gasteiger partial charge in [0.25, 0.3) is 5.91 Å². The zero-order valence-electron chi connectivity index (χ0n) is 17.3. The number of benzene rings is 1. The van der Waals surface area contributed by atoms with Crippen LogP contribution >= 0.6 is 11.3 Å². The minimum atomic E-state index is 0.154. The number of amides is 1. The fourth-order valence-corrected chi connectivity index (χ4v) is 5.27. The van der Waals surface area contributed by atoms with Crippen molar-refractivity contribution in [2.75, 3.05) is 13.1 Å². The van der Waals surface area contributed by atoms with Crippen molar-refractivity contribution in [1.29, 1.82) is 0 Å². The number of carbonyl (C=O) groups excluding carboxylic acids is 1. The Hall–Kier alpha value is -2.92. The molecule has 0 saturated carbocycles. The number of nitrogens with zero attached hydrogens (tertiary/aromatic N) is 2. The number of piperidine rings is 1. The molecule has 0 radical (unpaired) electrons. The lowest BCUT2D eigenvalue weighted by molar-refractivity contribution is 0.0707. The van der Waals surface area contributed by atoms with Gasteiger partial charge >= 0.3 is 0 Å². The Morgan fingerprint density at radius 1 is 1.17 bits per heavy atom. The minimum absolute atomic E-state index is 0.154. The largest absolute Gasteiger partial charge is 0.358 e. The normalized spacial score (nSPS) is 16.9. The van der Waals surface area contributed by atoms with Crippen molar-refractivity contribution >= 4 is 28.1 Å². The highest BCUT2D eigenvalue weighted by Gasteiger charge is 2.29. The van der Waals surface area contributed by atoms with E-state index in [1.807, 2.05) is 35.7 Å². The molecule has 1 aromatic carbocycles. The van der Waals surface area contributed by atoms with Crippen LogP contribution in [-0.2, 0) is 0 Å². The van der Waals surface area contributed by atoms with E-state index in [0.29, 0.717) is 5.92 Å². The van der Waals surface area contributed by atoms with Crippen LogP contribution in [-0.4, -0.2) is 33.9 Å². The highest BCUT2D eigenvalue weighted by atomic mass is 32.1. The van der Waals surface area contributed by atoms with E-state index < -0.39 is 0 Å². The highest BCUT2D eigenvalue weighted by molar-refractivity contribution is 7.10. The summed E-state index contributed by atoms with van der Waals surface area (Å²) in [5, 5.41) is 3.23. The van der Waals surface area contributed by atoms with Gasteiger partial charge in [-0.15, -0.1) is 11.3 Å². The second-order valence-electron chi connectivity index (χ2n) is 8.23. The molecule has 3 aromatic heterocycles. The van der Waals surface area contributed by atoms with Crippen LogP contribution in [0.25, 0.3) is 22.0 Å². The number of carbonyl (C=O) groups is 1. The van der Waals surface area contributed by atoms with E-state index in [9.17, 15) is 4.79 Å². The van der Waals surface area contributed by atoms with Gasteiger partial charge in [0.15, 0.2) is 0 Å². The Balaban J connectivity index is 1.55. The van der Waals surface area contributed by atoms with Crippen LogP contribution < -0.4 is 0 Å². The lowest BCUT2D eigenvalue weighted by Gasteiger charge is -2.33. The Morgan fingerprint density at radius 3 is 2.77 bits per heavy atom. The van der Waals surface area contributed by atoms with Crippen LogP contribution in [0.15, 0.2) is 54.2 Å². The smallest absolute Gasteiger partial charge is 0.254 e. The van der Waals surface area contributed by atoms with E-state index >= 15 is 0 Å². The van der Waals surface area contributed by atoms with Gasteiger partial charge < -0.3 is 9.88 Å². The van der Waals surface area contributed by atoms with Crippen LogP contribution in [0.2, 0.25) is 0 Å². The summed E-state index contributed by atoms with van der Waals surface area (Å²) in [6.45, 7) is 5.76. The summed E-state index contributed by atoms with van der Waals surface area (Å²) in [4.78, 5) is 24.2. The number of fused-ring (bicyclic) bond motifs is 1. The van der Waals surface area contributed by atoms with Crippen molar-refractivity contribution in [3.05, 3.63) is 75.9 Å². The van der Waals surface area contributed by atoms with E-state index in [2.05, 4.69) is 47.2 Å². The molecule has 152 valence electrons. The van der Waals surface area contributed by atoms with Crippen molar-refractivity contribution in [1.82, 2.24) is 14.9 Å². The maximum atomic E-state index is 13.1. The number of nitrogens with one attached hydrogen (secondary N) is 1. The number of H-pyrrole nitrogens is 1. The fraction of sp³-hybridized carbons (Fsp3) is 0.280. The number of pyridine rings is 1. The number of hydrogen-bond donors (Lipinski definition) is 1. The average Bonchev–Trinajstić information content (AvgIpc) is 3.37. The third-order valence-electron chi connectivity index (χ3n) is 6.05. The summed E-state index contributed by atoms with van der Waals surface area (Å²) >= 11 is 1.64. The fourth-order valence-electron chi connectivity index (χ4n) is 4.60. The van der Waals surface area contributed by atoms with Gasteiger partial charge in [0.2, 0.25) is 0 Å². The Kier molecular flexibility index (Phi) is 4.91. The molecule has 1 atom stereocenters. The molecule has 1 amide bonds. The molecule has 1 aliphatic rings. The molecule has 1 unspecified atom stereocenters. The lowest BCUT2D eigenvalue weighted by Crippen LogP contribution is -2.39. The topological polar surface area (TPSA) is 49.0 Å². The average molecular weight is 416 g/mol. The maximum Gasteiger partial charge on any atom is 0.254 e. The molecule has 1 aliphatic heterocycles. The van der Waals surface area contributed by atoms with Crippen LogP contribution in [0.3, 0.4) is 0 Å². The maximum absolute atomic E-state index is 13.1. The van der Waals surface area contributed by atoms with Gasteiger partial charge in [0.05, 0.1) is 5.56 Å². The molecular weight excluding hydrogens is 390 g/mol. The molecule has 1 fully saturated rings. The molecule has 30 heavy (non-hydrogen) atoms. The molecular formula is C25H25N3OS. The molecule has 1 N–H and O–H groups in total. The monoisotopic (exact) mass is 415 g/mol. The summed E-state index contributed by atoms with van der Waals surface area (Å²) in [6, 6.07) is 12.7. The van der Waals surface area contributed by atoms with Crippen molar-refractivity contribution < 1.29 is 4.79 Å². The molecule has 4 aromatic rings. The molecule has 0 spiro atoms. The van der Waals surface area contributed by atoms with Gasteiger partial charge in [0, 0.05) is 63.8 Å². The summed E-state index contributed by atoms with van der Waals surface area (Å²) < 4.78 is 0. The number of rotatable bonds is 3. The summed E-state index contributed by atoms with van der Waals surface area (Å²) in [5.41, 5.74) is 6.88.